The molecule has 0 aromatic carbocycles. The summed E-state index contributed by atoms with van der Waals surface area (Å²) in [4.78, 5) is 0. The fraction of sp³-hybridized carbons (Fsp3) is 0.917. The topological polar surface area (TPSA) is 35.8 Å². The molecule has 0 radical (unpaired) electrons. The molecule has 0 amide bonds. The van der Waals surface area contributed by atoms with Crippen molar-refractivity contribution in [1.82, 2.24) is 5.32 Å². The zero-order chi connectivity index (χ0) is 10.9. The molecule has 1 fully saturated rings. The molecule has 1 aliphatic rings. The number of rotatable bonds is 7. The smallest absolute Gasteiger partial charge is 0.0621 e. The molecule has 0 spiro atoms. The third kappa shape index (κ3) is 4.90. The Morgan fingerprint density at radius 1 is 1.40 bits per heavy atom. The number of nitrogens with one attached hydrogen (secondary N) is 1. The normalized spacial score (nSPS) is 25.3. The highest BCUT2D eigenvalue weighted by Crippen LogP contribution is 2.29. The number of hydrogen-bond donors (Lipinski definition) is 1. The Morgan fingerprint density at radius 3 is 3.00 bits per heavy atom. The second-order valence-corrected chi connectivity index (χ2v) is 5.62. The maximum Gasteiger partial charge on any atom is 0.0621 e. The second kappa shape index (κ2) is 8.01. The fourth-order valence-electron chi connectivity index (χ4n) is 2.19. The molecule has 0 bridgehead atoms. The number of hydrogen-bond acceptors (Lipinski definition) is 3. The van der Waals surface area contributed by atoms with E-state index >= 15 is 0 Å². The van der Waals surface area contributed by atoms with E-state index < -0.39 is 0 Å². The Hall–Kier alpha value is -0.200. The average molecular weight is 226 g/mol. The third-order valence-corrected chi connectivity index (χ3v) is 4.28. The molecule has 0 heterocycles. The minimum absolute atomic E-state index is 0.708. The lowest BCUT2D eigenvalue weighted by Gasteiger charge is -2.19. The molecule has 2 unspecified atom stereocenters. The first-order valence-electron chi connectivity index (χ1n) is 6.10. The summed E-state index contributed by atoms with van der Waals surface area (Å²) in [6.07, 6.45) is 7.01. The van der Waals surface area contributed by atoms with Crippen molar-refractivity contribution >= 4 is 11.8 Å². The molecular formula is C12H22N2S. The van der Waals surface area contributed by atoms with Gasteiger partial charge >= 0.3 is 0 Å². The first kappa shape index (κ1) is 12.9. The van der Waals surface area contributed by atoms with Gasteiger partial charge in [0, 0.05) is 17.7 Å². The van der Waals surface area contributed by atoms with Gasteiger partial charge in [-0.2, -0.15) is 17.0 Å². The van der Waals surface area contributed by atoms with E-state index in [1.165, 1.54) is 25.0 Å². The Kier molecular flexibility index (Phi) is 6.87. The molecule has 15 heavy (non-hydrogen) atoms. The van der Waals surface area contributed by atoms with Crippen molar-refractivity contribution in [1.29, 1.82) is 5.26 Å². The van der Waals surface area contributed by atoms with Crippen LogP contribution in [0.3, 0.4) is 0 Å². The molecular weight excluding hydrogens is 204 g/mol. The predicted molar refractivity (Wildman–Crippen MR) is 67.0 cm³/mol. The van der Waals surface area contributed by atoms with Crippen LogP contribution >= 0.6 is 11.8 Å². The molecule has 1 aliphatic carbocycles. The first-order chi connectivity index (χ1) is 7.38. The Morgan fingerprint density at radius 2 is 2.27 bits per heavy atom. The average Bonchev–Trinajstić information content (AvgIpc) is 2.66. The van der Waals surface area contributed by atoms with Gasteiger partial charge in [0.2, 0.25) is 0 Å². The van der Waals surface area contributed by atoms with E-state index in [2.05, 4.69) is 30.1 Å². The van der Waals surface area contributed by atoms with Gasteiger partial charge in [-0.3, -0.25) is 0 Å². The summed E-state index contributed by atoms with van der Waals surface area (Å²) in [5.41, 5.74) is 0. The zero-order valence-corrected chi connectivity index (χ0v) is 10.5. The maximum atomic E-state index is 8.42. The second-order valence-electron chi connectivity index (χ2n) is 4.10. The van der Waals surface area contributed by atoms with E-state index in [1.807, 2.05) is 0 Å². The summed E-state index contributed by atoms with van der Waals surface area (Å²) in [7, 11) is 0. The number of nitrogens with zero attached hydrogens (tertiary/aromatic N) is 1. The highest BCUT2D eigenvalue weighted by molar-refractivity contribution is 7.99. The van der Waals surface area contributed by atoms with Gasteiger partial charge < -0.3 is 5.32 Å². The van der Waals surface area contributed by atoms with Crippen LogP contribution in [0.4, 0.5) is 0 Å². The van der Waals surface area contributed by atoms with E-state index in [0.29, 0.717) is 6.42 Å². The van der Waals surface area contributed by atoms with E-state index in [4.69, 9.17) is 5.26 Å². The van der Waals surface area contributed by atoms with Crippen molar-refractivity contribution in [2.45, 2.75) is 56.7 Å². The quantitative estimate of drug-likeness (QED) is 0.678. The van der Waals surface area contributed by atoms with E-state index in [1.54, 1.807) is 0 Å². The van der Waals surface area contributed by atoms with Gasteiger partial charge in [0.1, 0.15) is 0 Å². The van der Waals surface area contributed by atoms with Crippen molar-refractivity contribution in [3.63, 3.8) is 0 Å². The molecule has 1 saturated carbocycles. The van der Waals surface area contributed by atoms with E-state index in [0.717, 1.165) is 30.7 Å². The molecule has 1 N–H and O–H groups in total. The predicted octanol–water partition coefficient (Wildman–Crippen LogP) is 2.94. The molecule has 0 aliphatic heterocycles. The number of nitriles is 1. The van der Waals surface area contributed by atoms with Crippen molar-refractivity contribution < 1.29 is 0 Å². The van der Waals surface area contributed by atoms with Crippen LogP contribution in [0.1, 0.15) is 45.4 Å². The minimum atomic E-state index is 0.708. The van der Waals surface area contributed by atoms with Crippen LogP contribution in [0.15, 0.2) is 0 Å². The third-order valence-electron chi connectivity index (χ3n) is 2.96. The lowest BCUT2D eigenvalue weighted by atomic mass is 10.2. The summed E-state index contributed by atoms with van der Waals surface area (Å²) < 4.78 is 0. The SMILES string of the molecule is CCSC1CCCC1NCCCCC#N. The van der Waals surface area contributed by atoms with Crippen LogP contribution in [-0.4, -0.2) is 23.6 Å². The van der Waals surface area contributed by atoms with Gasteiger partial charge in [0.25, 0.3) is 0 Å². The van der Waals surface area contributed by atoms with Gasteiger partial charge in [0.15, 0.2) is 0 Å². The Labute approximate surface area is 97.8 Å². The van der Waals surface area contributed by atoms with Crippen LogP contribution in [0, 0.1) is 11.3 Å². The molecule has 0 aromatic heterocycles. The summed E-state index contributed by atoms with van der Waals surface area (Å²) in [5, 5.41) is 12.9. The van der Waals surface area contributed by atoms with Crippen LogP contribution < -0.4 is 5.32 Å². The van der Waals surface area contributed by atoms with Gasteiger partial charge in [-0.1, -0.05) is 13.3 Å². The van der Waals surface area contributed by atoms with Gasteiger partial charge in [-0.15, -0.1) is 0 Å². The molecule has 2 atom stereocenters. The lowest BCUT2D eigenvalue weighted by molar-refractivity contribution is 0.516. The van der Waals surface area contributed by atoms with Crippen LogP contribution in [0.2, 0.25) is 0 Å². The maximum absolute atomic E-state index is 8.42. The van der Waals surface area contributed by atoms with Crippen molar-refractivity contribution in [3.8, 4) is 6.07 Å². The molecule has 86 valence electrons. The van der Waals surface area contributed by atoms with E-state index in [-0.39, 0.29) is 0 Å². The summed E-state index contributed by atoms with van der Waals surface area (Å²) in [5.74, 6) is 1.23. The molecule has 0 aromatic rings. The standard InChI is InChI=1S/C12H22N2S/c1-2-15-12-8-6-7-11(12)14-10-5-3-4-9-13/h11-12,14H,2-8,10H2,1H3. The molecule has 3 heteroatoms. The lowest BCUT2D eigenvalue weighted by Crippen LogP contribution is -2.34. The van der Waals surface area contributed by atoms with Crippen LogP contribution in [0.25, 0.3) is 0 Å². The highest BCUT2D eigenvalue weighted by Gasteiger charge is 2.25. The van der Waals surface area contributed by atoms with E-state index in [9.17, 15) is 0 Å². The minimum Gasteiger partial charge on any atom is -0.313 e. The summed E-state index contributed by atoms with van der Waals surface area (Å²) >= 11 is 2.10. The van der Waals surface area contributed by atoms with Gasteiger partial charge in [0.05, 0.1) is 6.07 Å². The fourth-order valence-corrected chi connectivity index (χ4v) is 3.42. The van der Waals surface area contributed by atoms with Crippen molar-refractivity contribution in [2.24, 2.45) is 0 Å². The zero-order valence-electron chi connectivity index (χ0n) is 9.67. The molecule has 0 saturated heterocycles. The molecule has 1 rings (SSSR count). The monoisotopic (exact) mass is 226 g/mol. The molecule has 2 nitrogen and oxygen atoms in total. The largest absolute Gasteiger partial charge is 0.313 e. The van der Waals surface area contributed by atoms with Gasteiger partial charge in [-0.25, -0.2) is 0 Å². The van der Waals surface area contributed by atoms with Crippen molar-refractivity contribution in [2.75, 3.05) is 12.3 Å². The van der Waals surface area contributed by atoms with Crippen molar-refractivity contribution in [3.05, 3.63) is 0 Å². The van der Waals surface area contributed by atoms with Gasteiger partial charge in [-0.05, 0) is 38.0 Å². The first-order valence-corrected chi connectivity index (χ1v) is 7.15. The summed E-state index contributed by atoms with van der Waals surface area (Å²) in [6, 6.07) is 2.93. The Balaban J connectivity index is 2.06. The highest BCUT2D eigenvalue weighted by atomic mass is 32.2. The summed E-state index contributed by atoms with van der Waals surface area (Å²) in [6.45, 7) is 3.33. The number of thioether (sulfide) groups is 1. The van der Waals surface area contributed by atoms with Crippen LogP contribution in [0.5, 0.6) is 0 Å². The Bertz CT molecular complexity index is 200. The number of unbranched alkanes of at least 4 members (excludes halogenated alkanes) is 2. The van der Waals surface area contributed by atoms with Crippen LogP contribution in [-0.2, 0) is 0 Å².